The number of hydrogen-bond donors (Lipinski definition) is 1. The van der Waals surface area contributed by atoms with Gasteiger partial charge in [0, 0.05) is 19.2 Å². The van der Waals surface area contributed by atoms with Crippen molar-refractivity contribution in [2.45, 2.75) is 32.3 Å². The molecule has 23 heavy (non-hydrogen) atoms. The summed E-state index contributed by atoms with van der Waals surface area (Å²) in [7, 11) is 0. The van der Waals surface area contributed by atoms with Gasteiger partial charge in [-0.1, -0.05) is 18.2 Å². The van der Waals surface area contributed by atoms with E-state index >= 15 is 0 Å². The Morgan fingerprint density at radius 1 is 1.13 bits per heavy atom. The highest BCUT2D eigenvalue weighted by Crippen LogP contribution is 2.19. The highest BCUT2D eigenvalue weighted by Gasteiger charge is 2.13. The molecule has 0 bridgehead atoms. The Balaban J connectivity index is 1.53. The van der Waals surface area contributed by atoms with Crippen molar-refractivity contribution < 1.29 is 4.74 Å². The van der Waals surface area contributed by atoms with Crippen molar-refractivity contribution in [1.29, 1.82) is 0 Å². The maximum atomic E-state index is 5.87. The lowest BCUT2D eigenvalue weighted by atomic mass is 10.1. The fourth-order valence-electron chi connectivity index (χ4n) is 2.76. The van der Waals surface area contributed by atoms with Crippen molar-refractivity contribution in [2.24, 2.45) is 0 Å². The van der Waals surface area contributed by atoms with Gasteiger partial charge in [-0.2, -0.15) is 0 Å². The van der Waals surface area contributed by atoms with E-state index in [1.807, 2.05) is 43.3 Å². The smallest absolute Gasteiger partial charge is 0.134 e. The van der Waals surface area contributed by atoms with Gasteiger partial charge in [0.2, 0.25) is 0 Å². The summed E-state index contributed by atoms with van der Waals surface area (Å²) in [4.78, 5) is 11.0. The van der Waals surface area contributed by atoms with Crippen LogP contribution in [-0.4, -0.2) is 35.7 Å². The minimum Gasteiger partial charge on any atom is -0.489 e. The van der Waals surface area contributed by atoms with Crippen molar-refractivity contribution in [3.63, 3.8) is 0 Å². The number of benzene rings is 1. The van der Waals surface area contributed by atoms with Gasteiger partial charge in [-0.3, -0.25) is 0 Å². The fraction of sp³-hybridized carbons (Fsp3) is 0.444. The van der Waals surface area contributed by atoms with Gasteiger partial charge < -0.3 is 15.0 Å². The second-order valence-corrected chi connectivity index (χ2v) is 5.93. The van der Waals surface area contributed by atoms with E-state index in [2.05, 4.69) is 20.2 Å². The van der Waals surface area contributed by atoms with Crippen molar-refractivity contribution in [1.82, 2.24) is 9.97 Å². The molecule has 0 spiro atoms. The zero-order chi connectivity index (χ0) is 15.9. The van der Waals surface area contributed by atoms with Crippen molar-refractivity contribution in [3.05, 3.63) is 42.7 Å². The Morgan fingerprint density at radius 3 is 2.70 bits per heavy atom. The summed E-state index contributed by atoms with van der Waals surface area (Å²) < 4.78 is 5.87. The SMILES string of the molecule is CC(CNc1cc(N2CCCCC2)ncn1)Oc1ccccc1. The highest BCUT2D eigenvalue weighted by atomic mass is 16.5. The molecule has 2 heterocycles. The maximum absolute atomic E-state index is 5.87. The number of rotatable bonds is 6. The molecule has 1 atom stereocenters. The normalized spacial score (nSPS) is 16.0. The van der Waals surface area contributed by atoms with E-state index in [1.54, 1.807) is 6.33 Å². The molecule has 0 radical (unpaired) electrons. The fourth-order valence-corrected chi connectivity index (χ4v) is 2.76. The lowest BCUT2D eigenvalue weighted by molar-refractivity contribution is 0.234. The van der Waals surface area contributed by atoms with Crippen LogP contribution in [0.1, 0.15) is 26.2 Å². The minimum atomic E-state index is 0.0609. The lowest BCUT2D eigenvalue weighted by Crippen LogP contribution is -2.30. The standard InChI is InChI=1S/C18H24N4O/c1-15(23-16-8-4-2-5-9-16)13-19-17-12-18(21-14-20-17)22-10-6-3-7-11-22/h2,4-5,8-9,12,14-15H,3,6-7,10-11,13H2,1H3,(H,19,20,21). The van der Waals surface area contributed by atoms with Gasteiger partial charge in [0.15, 0.2) is 0 Å². The number of anilines is 2. The van der Waals surface area contributed by atoms with Crippen LogP contribution in [0.25, 0.3) is 0 Å². The van der Waals surface area contributed by atoms with Crippen LogP contribution in [0.5, 0.6) is 5.75 Å². The second-order valence-electron chi connectivity index (χ2n) is 5.93. The van der Waals surface area contributed by atoms with Crippen LogP contribution in [0.3, 0.4) is 0 Å². The first-order chi connectivity index (χ1) is 11.3. The van der Waals surface area contributed by atoms with E-state index in [-0.39, 0.29) is 6.10 Å². The van der Waals surface area contributed by atoms with Crippen LogP contribution in [0.15, 0.2) is 42.7 Å². The van der Waals surface area contributed by atoms with Crippen LogP contribution >= 0.6 is 0 Å². The predicted molar refractivity (Wildman–Crippen MR) is 93.1 cm³/mol. The molecule has 0 saturated carbocycles. The maximum Gasteiger partial charge on any atom is 0.134 e. The average molecular weight is 312 g/mol. The molecule has 1 aromatic heterocycles. The summed E-state index contributed by atoms with van der Waals surface area (Å²) in [5, 5.41) is 3.34. The van der Waals surface area contributed by atoms with Crippen LogP contribution in [0, 0.1) is 0 Å². The largest absolute Gasteiger partial charge is 0.489 e. The van der Waals surface area contributed by atoms with Gasteiger partial charge in [-0.05, 0) is 38.3 Å². The molecule has 1 fully saturated rings. The van der Waals surface area contributed by atoms with Crippen molar-refractivity contribution >= 4 is 11.6 Å². The van der Waals surface area contributed by atoms with E-state index in [0.29, 0.717) is 6.54 Å². The van der Waals surface area contributed by atoms with Gasteiger partial charge in [-0.15, -0.1) is 0 Å². The molecule has 122 valence electrons. The molecule has 5 heteroatoms. The molecular formula is C18H24N4O. The molecule has 1 saturated heterocycles. The third-order valence-electron chi connectivity index (χ3n) is 3.98. The van der Waals surface area contributed by atoms with Gasteiger partial charge in [0.25, 0.3) is 0 Å². The predicted octanol–water partition coefficient (Wildman–Crippen LogP) is 3.35. The number of hydrogen-bond acceptors (Lipinski definition) is 5. The monoisotopic (exact) mass is 312 g/mol. The number of nitrogens with zero attached hydrogens (tertiary/aromatic N) is 3. The van der Waals surface area contributed by atoms with Gasteiger partial charge in [0.05, 0.1) is 6.54 Å². The first-order valence-electron chi connectivity index (χ1n) is 8.34. The quantitative estimate of drug-likeness (QED) is 0.886. The summed E-state index contributed by atoms with van der Waals surface area (Å²) >= 11 is 0. The summed E-state index contributed by atoms with van der Waals surface area (Å²) in [6.45, 7) is 4.92. The Morgan fingerprint density at radius 2 is 1.91 bits per heavy atom. The molecular weight excluding hydrogens is 288 g/mol. The minimum absolute atomic E-state index is 0.0609. The van der Waals surface area contributed by atoms with Crippen LogP contribution < -0.4 is 15.0 Å². The average Bonchev–Trinajstić information content (AvgIpc) is 2.62. The van der Waals surface area contributed by atoms with E-state index in [4.69, 9.17) is 4.74 Å². The second kappa shape index (κ2) is 7.81. The van der Waals surface area contributed by atoms with E-state index in [9.17, 15) is 0 Å². The Hall–Kier alpha value is -2.30. The molecule has 1 unspecified atom stereocenters. The molecule has 0 aliphatic carbocycles. The number of para-hydroxylation sites is 1. The number of piperidine rings is 1. The summed E-state index contributed by atoms with van der Waals surface area (Å²) in [6.07, 6.45) is 5.50. The highest BCUT2D eigenvalue weighted by molar-refractivity contribution is 5.48. The molecule has 0 amide bonds. The number of nitrogens with one attached hydrogen (secondary N) is 1. The Bertz CT molecular complexity index is 599. The van der Waals surface area contributed by atoms with E-state index in [1.165, 1.54) is 19.3 Å². The van der Waals surface area contributed by atoms with Crippen LogP contribution in [0.4, 0.5) is 11.6 Å². The van der Waals surface area contributed by atoms with E-state index in [0.717, 1.165) is 30.5 Å². The zero-order valence-electron chi connectivity index (χ0n) is 13.6. The summed E-state index contributed by atoms with van der Waals surface area (Å²) in [5.74, 6) is 2.75. The third-order valence-corrected chi connectivity index (χ3v) is 3.98. The molecule has 5 nitrogen and oxygen atoms in total. The summed E-state index contributed by atoms with van der Waals surface area (Å²) in [6, 6.07) is 11.9. The molecule has 1 aliphatic heterocycles. The number of aromatic nitrogens is 2. The van der Waals surface area contributed by atoms with Crippen LogP contribution in [-0.2, 0) is 0 Å². The number of ether oxygens (including phenoxy) is 1. The molecule has 1 N–H and O–H groups in total. The van der Waals surface area contributed by atoms with E-state index < -0.39 is 0 Å². The Kier molecular flexibility index (Phi) is 5.29. The van der Waals surface area contributed by atoms with Crippen molar-refractivity contribution in [2.75, 3.05) is 29.9 Å². The third kappa shape index (κ3) is 4.58. The zero-order valence-corrected chi connectivity index (χ0v) is 13.6. The van der Waals surface area contributed by atoms with Gasteiger partial charge in [-0.25, -0.2) is 9.97 Å². The summed E-state index contributed by atoms with van der Waals surface area (Å²) in [5.41, 5.74) is 0. The van der Waals surface area contributed by atoms with Crippen LogP contribution in [0.2, 0.25) is 0 Å². The molecule has 2 aromatic rings. The van der Waals surface area contributed by atoms with Crippen molar-refractivity contribution in [3.8, 4) is 5.75 Å². The molecule has 1 aromatic carbocycles. The molecule has 1 aliphatic rings. The molecule has 3 rings (SSSR count). The Labute approximate surface area is 137 Å². The van der Waals surface area contributed by atoms with Gasteiger partial charge in [0.1, 0.15) is 29.8 Å². The lowest BCUT2D eigenvalue weighted by Gasteiger charge is -2.27. The topological polar surface area (TPSA) is 50.3 Å². The first-order valence-corrected chi connectivity index (χ1v) is 8.34. The van der Waals surface area contributed by atoms with Gasteiger partial charge >= 0.3 is 0 Å². The first kappa shape index (κ1) is 15.6.